The topological polar surface area (TPSA) is 69.4 Å². The molecule has 0 unspecified atom stereocenters. The van der Waals surface area contributed by atoms with Crippen LogP contribution in [0.1, 0.15) is 16.8 Å². The number of fused-ring (bicyclic) bond motifs is 2. The maximum Gasteiger partial charge on any atom is 0.258 e. The standard InChI is InChI=1S/C19H16N4O2/c1-12-3-4-16-15(7-12)19(21-11-20-16)25-10-14-9-18(24)23-6-5-13(2)8-17(23)22-14/h3-9,11H,10H2,1-2H3. The monoisotopic (exact) mass is 332 g/mol. The van der Waals surface area contributed by atoms with Crippen LogP contribution in [-0.2, 0) is 6.61 Å². The van der Waals surface area contributed by atoms with Gasteiger partial charge in [0.15, 0.2) is 0 Å². The van der Waals surface area contributed by atoms with Gasteiger partial charge in [-0.1, -0.05) is 11.6 Å². The maximum absolute atomic E-state index is 12.2. The molecule has 0 aliphatic heterocycles. The number of nitrogens with zero attached hydrogens (tertiary/aromatic N) is 4. The van der Waals surface area contributed by atoms with E-state index in [1.54, 1.807) is 6.20 Å². The predicted octanol–water partition coefficient (Wildman–Crippen LogP) is 2.83. The summed E-state index contributed by atoms with van der Waals surface area (Å²) in [6.45, 7) is 4.13. The highest BCUT2D eigenvalue weighted by atomic mass is 16.5. The van der Waals surface area contributed by atoms with E-state index in [4.69, 9.17) is 4.74 Å². The first-order valence-electron chi connectivity index (χ1n) is 7.93. The molecular formula is C19H16N4O2. The van der Waals surface area contributed by atoms with E-state index >= 15 is 0 Å². The SMILES string of the molecule is Cc1ccc2ncnc(OCc3cc(=O)n4ccc(C)cc4n3)c2c1. The molecule has 0 fully saturated rings. The lowest BCUT2D eigenvalue weighted by Gasteiger charge is -2.09. The number of benzene rings is 1. The lowest BCUT2D eigenvalue weighted by molar-refractivity contribution is 0.293. The summed E-state index contributed by atoms with van der Waals surface area (Å²) in [7, 11) is 0. The number of ether oxygens (including phenoxy) is 1. The second-order valence-electron chi connectivity index (χ2n) is 6.01. The summed E-state index contributed by atoms with van der Waals surface area (Å²) in [4.78, 5) is 25.2. The summed E-state index contributed by atoms with van der Waals surface area (Å²) >= 11 is 0. The van der Waals surface area contributed by atoms with Crippen molar-refractivity contribution in [2.75, 3.05) is 0 Å². The Bertz CT molecular complexity index is 1150. The van der Waals surface area contributed by atoms with Crippen molar-refractivity contribution < 1.29 is 4.74 Å². The molecule has 6 nitrogen and oxygen atoms in total. The molecule has 0 bridgehead atoms. The molecule has 3 aromatic heterocycles. The molecule has 0 spiro atoms. The summed E-state index contributed by atoms with van der Waals surface area (Å²) in [5.74, 6) is 0.486. The molecule has 0 saturated carbocycles. The van der Waals surface area contributed by atoms with Crippen LogP contribution in [0.2, 0.25) is 0 Å². The molecule has 0 radical (unpaired) electrons. The maximum atomic E-state index is 12.2. The molecule has 1 aromatic carbocycles. The van der Waals surface area contributed by atoms with Crippen molar-refractivity contribution in [3.05, 3.63) is 76.1 Å². The summed E-state index contributed by atoms with van der Waals surface area (Å²) in [5.41, 5.74) is 4.00. The second-order valence-corrected chi connectivity index (χ2v) is 6.01. The molecule has 0 atom stereocenters. The molecule has 0 aliphatic carbocycles. The van der Waals surface area contributed by atoms with E-state index in [9.17, 15) is 4.79 Å². The van der Waals surface area contributed by atoms with Crippen LogP contribution in [-0.4, -0.2) is 19.4 Å². The van der Waals surface area contributed by atoms with Crippen LogP contribution in [0.25, 0.3) is 16.6 Å². The molecule has 124 valence electrons. The second kappa shape index (κ2) is 5.98. The van der Waals surface area contributed by atoms with Gasteiger partial charge >= 0.3 is 0 Å². The van der Waals surface area contributed by atoms with Crippen molar-refractivity contribution in [3.63, 3.8) is 0 Å². The molecule has 4 rings (SSSR count). The number of hydrogen-bond acceptors (Lipinski definition) is 5. The normalized spacial score (nSPS) is 11.1. The van der Waals surface area contributed by atoms with Gasteiger partial charge in [-0.3, -0.25) is 9.20 Å². The minimum atomic E-state index is -0.132. The zero-order valence-corrected chi connectivity index (χ0v) is 13.9. The van der Waals surface area contributed by atoms with Gasteiger partial charge in [-0.2, -0.15) is 0 Å². The van der Waals surface area contributed by atoms with E-state index in [2.05, 4.69) is 15.0 Å². The van der Waals surface area contributed by atoms with Gasteiger partial charge in [0.2, 0.25) is 5.88 Å². The van der Waals surface area contributed by atoms with Crippen LogP contribution in [0.15, 0.2) is 53.7 Å². The van der Waals surface area contributed by atoms with E-state index in [1.165, 1.54) is 16.8 Å². The third kappa shape index (κ3) is 2.94. The Kier molecular flexibility index (Phi) is 3.65. The van der Waals surface area contributed by atoms with Crippen LogP contribution in [0, 0.1) is 13.8 Å². The first-order chi connectivity index (χ1) is 12.1. The van der Waals surface area contributed by atoms with Gasteiger partial charge in [0.05, 0.1) is 16.6 Å². The largest absolute Gasteiger partial charge is 0.471 e. The van der Waals surface area contributed by atoms with Gasteiger partial charge in [0.25, 0.3) is 5.56 Å². The summed E-state index contributed by atoms with van der Waals surface area (Å²) in [6.07, 6.45) is 3.20. The lowest BCUT2D eigenvalue weighted by Crippen LogP contribution is -2.16. The van der Waals surface area contributed by atoms with Crippen molar-refractivity contribution in [2.45, 2.75) is 20.5 Å². The molecule has 0 aliphatic rings. The summed E-state index contributed by atoms with van der Waals surface area (Å²) in [5, 5.41) is 0.843. The Morgan fingerprint density at radius 2 is 1.88 bits per heavy atom. The fourth-order valence-corrected chi connectivity index (χ4v) is 2.73. The van der Waals surface area contributed by atoms with Crippen LogP contribution in [0.5, 0.6) is 5.88 Å². The van der Waals surface area contributed by atoms with Crippen molar-refractivity contribution in [1.82, 2.24) is 19.4 Å². The molecule has 25 heavy (non-hydrogen) atoms. The van der Waals surface area contributed by atoms with Gasteiger partial charge in [-0.05, 0) is 43.7 Å². The smallest absolute Gasteiger partial charge is 0.258 e. The third-order valence-corrected chi connectivity index (χ3v) is 3.99. The molecule has 0 amide bonds. The Hall–Kier alpha value is -3.28. The van der Waals surface area contributed by atoms with Gasteiger partial charge in [0, 0.05) is 12.3 Å². The van der Waals surface area contributed by atoms with Gasteiger partial charge in [0.1, 0.15) is 18.6 Å². The van der Waals surface area contributed by atoms with Gasteiger partial charge in [-0.25, -0.2) is 15.0 Å². The molecule has 0 N–H and O–H groups in total. The number of hydrogen-bond donors (Lipinski definition) is 0. The van der Waals surface area contributed by atoms with Crippen molar-refractivity contribution in [1.29, 1.82) is 0 Å². The molecule has 3 heterocycles. The van der Waals surface area contributed by atoms with Crippen LogP contribution in [0.4, 0.5) is 0 Å². The molecule has 0 saturated heterocycles. The fraction of sp³-hybridized carbons (Fsp3) is 0.158. The minimum absolute atomic E-state index is 0.132. The third-order valence-electron chi connectivity index (χ3n) is 3.99. The number of aromatic nitrogens is 4. The number of aryl methyl sites for hydroxylation is 2. The Morgan fingerprint density at radius 3 is 2.76 bits per heavy atom. The van der Waals surface area contributed by atoms with E-state index < -0.39 is 0 Å². The fourth-order valence-electron chi connectivity index (χ4n) is 2.73. The van der Waals surface area contributed by atoms with E-state index in [-0.39, 0.29) is 12.2 Å². The van der Waals surface area contributed by atoms with E-state index in [1.807, 2.05) is 44.2 Å². The zero-order valence-electron chi connectivity index (χ0n) is 13.9. The quantitative estimate of drug-likeness (QED) is 0.577. The Labute approximate surface area is 143 Å². The van der Waals surface area contributed by atoms with Crippen molar-refractivity contribution in [2.24, 2.45) is 0 Å². The predicted molar refractivity (Wildman–Crippen MR) is 94.8 cm³/mol. The molecule has 6 heteroatoms. The van der Waals surface area contributed by atoms with E-state index in [0.717, 1.165) is 22.0 Å². The van der Waals surface area contributed by atoms with Crippen LogP contribution < -0.4 is 10.3 Å². The van der Waals surface area contributed by atoms with Gasteiger partial charge < -0.3 is 4.74 Å². The average molecular weight is 332 g/mol. The first-order valence-corrected chi connectivity index (χ1v) is 7.93. The number of rotatable bonds is 3. The Balaban J connectivity index is 1.69. The average Bonchev–Trinajstić information content (AvgIpc) is 2.59. The lowest BCUT2D eigenvalue weighted by atomic mass is 10.2. The van der Waals surface area contributed by atoms with Crippen molar-refractivity contribution >= 4 is 16.6 Å². The zero-order chi connectivity index (χ0) is 17.4. The summed E-state index contributed by atoms with van der Waals surface area (Å²) < 4.78 is 7.35. The van der Waals surface area contributed by atoms with Crippen LogP contribution in [0.3, 0.4) is 0 Å². The summed E-state index contributed by atoms with van der Waals surface area (Å²) in [6, 6.07) is 11.1. The minimum Gasteiger partial charge on any atom is -0.471 e. The highest BCUT2D eigenvalue weighted by Gasteiger charge is 2.08. The highest BCUT2D eigenvalue weighted by molar-refractivity contribution is 5.83. The van der Waals surface area contributed by atoms with Crippen molar-refractivity contribution in [3.8, 4) is 5.88 Å². The van der Waals surface area contributed by atoms with E-state index in [0.29, 0.717) is 17.2 Å². The van der Waals surface area contributed by atoms with Gasteiger partial charge in [-0.15, -0.1) is 0 Å². The first kappa shape index (κ1) is 15.3. The van der Waals surface area contributed by atoms with Crippen LogP contribution >= 0.6 is 0 Å². The highest BCUT2D eigenvalue weighted by Crippen LogP contribution is 2.22. The molecular weight excluding hydrogens is 316 g/mol. The number of pyridine rings is 1. The molecule has 4 aromatic rings. The Morgan fingerprint density at radius 1 is 1.04 bits per heavy atom.